The van der Waals surface area contributed by atoms with Crippen molar-refractivity contribution < 1.29 is 19.1 Å². The summed E-state index contributed by atoms with van der Waals surface area (Å²) in [5.74, 6) is -0.351. The molecule has 196 valence electrons. The van der Waals surface area contributed by atoms with Crippen LogP contribution in [0.3, 0.4) is 0 Å². The zero-order chi connectivity index (χ0) is 26.5. The van der Waals surface area contributed by atoms with Gasteiger partial charge in [-0.15, -0.1) is 0 Å². The van der Waals surface area contributed by atoms with E-state index < -0.39 is 12.3 Å². The molecule has 1 amide bonds. The predicted molar refractivity (Wildman–Crippen MR) is 148 cm³/mol. The van der Waals surface area contributed by atoms with Gasteiger partial charge in [0.05, 0.1) is 6.04 Å². The van der Waals surface area contributed by atoms with Crippen LogP contribution in [-0.4, -0.2) is 40.8 Å². The van der Waals surface area contributed by atoms with Crippen LogP contribution in [-0.2, 0) is 25.6 Å². The summed E-state index contributed by atoms with van der Waals surface area (Å²) in [4.78, 5) is 27.3. The van der Waals surface area contributed by atoms with Crippen LogP contribution in [0.2, 0.25) is 0 Å². The Bertz CT molecular complexity index is 1380. The lowest BCUT2D eigenvalue weighted by Gasteiger charge is -2.43. The Kier molecular flexibility index (Phi) is 7.89. The van der Waals surface area contributed by atoms with E-state index in [4.69, 9.17) is 9.47 Å². The van der Waals surface area contributed by atoms with Gasteiger partial charge in [-0.2, -0.15) is 0 Å². The van der Waals surface area contributed by atoms with Gasteiger partial charge >= 0.3 is 5.97 Å². The van der Waals surface area contributed by atoms with Gasteiger partial charge in [-0.3, -0.25) is 9.59 Å². The fraction of sp³-hybridized carbons (Fsp3) is 0.312. The topological polar surface area (TPSA) is 60.8 Å². The number of para-hydroxylation sites is 1. The SMILES string of the molecule is CCO[C@@H]1CC(c2cn(Cc3ccccc3)c3ccccc23)CC(=O)N1[C@@H](COC(C)=O)c1ccccc1. The summed E-state index contributed by atoms with van der Waals surface area (Å²) >= 11 is 0. The summed E-state index contributed by atoms with van der Waals surface area (Å²) in [6.45, 7) is 4.67. The second-order valence-corrected chi connectivity index (χ2v) is 9.79. The first-order chi connectivity index (χ1) is 18.5. The minimum Gasteiger partial charge on any atom is -0.463 e. The Morgan fingerprint density at radius 1 is 0.974 bits per heavy atom. The molecule has 1 saturated heterocycles. The number of fused-ring (bicyclic) bond motifs is 1. The Hall–Kier alpha value is -3.90. The first-order valence-corrected chi connectivity index (χ1v) is 13.3. The van der Waals surface area contributed by atoms with Gasteiger partial charge in [0.15, 0.2) is 0 Å². The van der Waals surface area contributed by atoms with Crippen LogP contribution in [0.1, 0.15) is 55.3 Å². The molecule has 1 unspecified atom stereocenters. The molecule has 1 aliphatic heterocycles. The highest BCUT2D eigenvalue weighted by molar-refractivity contribution is 5.86. The number of benzene rings is 3. The van der Waals surface area contributed by atoms with E-state index in [0.29, 0.717) is 19.4 Å². The maximum Gasteiger partial charge on any atom is 0.302 e. The average Bonchev–Trinajstić information content (AvgIpc) is 3.29. The molecular formula is C32H34N2O4. The van der Waals surface area contributed by atoms with E-state index in [2.05, 4.69) is 59.3 Å². The van der Waals surface area contributed by atoms with Gasteiger partial charge in [-0.25, -0.2) is 0 Å². The number of esters is 1. The normalized spacial score (nSPS) is 18.5. The monoisotopic (exact) mass is 510 g/mol. The van der Waals surface area contributed by atoms with E-state index >= 15 is 0 Å². The Morgan fingerprint density at radius 2 is 1.66 bits per heavy atom. The highest BCUT2D eigenvalue weighted by atomic mass is 16.5. The number of aromatic nitrogens is 1. The largest absolute Gasteiger partial charge is 0.463 e. The molecule has 0 spiro atoms. The Morgan fingerprint density at radius 3 is 2.37 bits per heavy atom. The lowest BCUT2D eigenvalue weighted by Crippen LogP contribution is -2.50. The number of rotatable bonds is 9. The minimum absolute atomic E-state index is 0.000551. The molecule has 38 heavy (non-hydrogen) atoms. The Balaban J connectivity index is 1.47. The van der Waals surface area contributed by atoms with Crippen LogP contribution in [0.25, 0.3) is 10.9 Å². The van der Waals surface area contributed by atoms with Crippen molar-refractivity contribution in [2.24, 2.45) is 0 Å². The second kappa shape index (κ2) is 11.7. The first-order valence-electron chi connectivity index (χ1n) is 13.3. The Labute approximate surface area is 223 Å². The van der Waals surface area contributed by atoms with Gasteiger partial charge in [-0.05, 0) is 42.0 Å². The van der Waals surface area contributed by atoms with Gasteiger partial charge < -0.3 is 18.9 Å². The molecule has 3 aromatic carbocycles. The lowest BCUT2D eigenvalue weighted by atomic mass is 9.86. The second-order valence-electron chi connectivity index (χ2n) is 9.79. The van der Waals surface area contributed by atoms with E-state index in [0.717, 1.165) is 17.6 Å². The van der Waals surface area contributed by atoms with Crippen molar-refractivity contribution in [1.29, 1.82) is 0 Å². The third-order valence-corrected chi connectivity index (χ3v) is 7.28. The zero-order valence-corrected chi connectivity index (χ0v) is 22.0. The summed E-state index contributed by atoms with van der Waals surface area (Å²) in [5, 5.41) is 1.17. The van der Waals surface area contributed by atoms with Crippen LogP contribution in [0.15, 0.2) is 91.1 Å². The van der Waals surface area contributed by atoms with E-state index in [1.807, 2.05) is 43.3 Å². The van der Waals surface area contributed by atoms with Crippen molar-refractivity contribution in [3.8, 4) is 0 Å². The first kappa shape index (κ1) is 25.7. The molecule has 6 heteroatoms. The molecule has 0 N–H and O–H groups in total. The van der Waals surface area contributed by atoms with Gasteiger partial charge in [0.2, 0.25) is 5.91 Å². The highest BCUT2D eigenvalue weighted by Gasteiger charge is 2.40. The summed E-state index contributed by atoms with van der Waals surface area (Å²) in [7, 11) is 0. The summed E-state index contributed by atoms with van der Waals surface area (Å²) in [6.07, 6.45) is 2.82. The average molecular weight is 511 g/mol. The molecule has 0 radical (unpaired) electrons. The van der Waals surface area contributed by atoms with Crippen molar-refractivity contribution in [3.63, 3.8) is 0 Å². The van der Waals surface area contributed by atoms with Crippen molar-refractivity contribution in [2.45, 2.75) is 51.4 Å². The molecule has 5 rings (SSSR count). The van der Waals surface area contributed by atoms with Crippen molar-refractivity contribution in [2.75, 3.05) is 13.2 Å². The van der Waals surface area contributed by atoms with Crippen molar-refractivity contribution >= 4 is 22.8 Å². The van der Waals surface area contributed by atoms with E-state index in [1.165, 1.54) is 23.4 Å². The van der Waals surface area contributed by atoms with Gasteiger partial charge in [0.1, 0.15) is 12.8 Å². The number of hydrogen-bond donors (Lipinski definition) is 0. The van der Waals surface area contributed by atoms with Gasteiger partial charge in [0.25, 0.3) is 0 Å². The molecule has 6 nitrogen and oxygen atoms in total. The van der Waals surface area contributed by atoms with E-state index in [-0.39, 0.29) is 24.4 Å². The summed E-state index contributed by atoms with van der Waals surface area (Å²) in [5.41, 5.74) is 4.48. The maximum absolute atomic E-state index is 13.9. The summed E-state index contributed by atoms with van der Waals surface area (Å²) in [6, 6.07) is 28.1. The fourth-order valence-electron chi connectivity index (χ4n) is 5.59. The molecule has 0 bridgehead atoms. The van der Waals surface area contributed by atoms with E-state index in [1.54, 1.807) is 4.90 Å². The molecule has 3 atom stereocenters. The number of likely N-dealkylation sites (tertiary alicyclic amines) is 1. The van der Waals surface area contributed by atoms with Crippen LogP contribution in [0.4, 0.5) is 0 Å². The molecule has 4 aromatic rings. The molecule has 1 aliphatic rings. The smallest absolute Gasteiger partial charge is 0.302 e. The third kappa shape index (κ3) is 5.50. The molecule has 2 heterocycles. The summed E-state index contributed by atoms with van der Waals surface area (Å²) < 4.78 is 13.9. The fourth-order valence-corrected chi connectivity index (χ4v) is 5.59. The number of carbonyl (C=O) groups excluding carboxylic acids is 2. The van der Waals surface area contributed by atoms with Crippen molar-refractivity contribution in [3.05, 3.63) is 108 Å². The van der Waals surface area contributed by atoms with Crippen LogP contribution >= 0.6 is 0 Å². The van der Waals surface area contributed by atoms with Crippen molar-refractivity contribution in [1.82, 2.24) is 9.47 Å². The number of piperidine rings is 1. The standard InChI is InChI=1S/C32H34N2O4/c1-3-37-32-19-26(18-31(36)34(32)30(22-38-23(2)35)25-14-8-5-9-15-25)28-21-33(20-24-12-6-4-7-13-24)29-17-11-10-16-27(28)29/h4-17,21,26,30,32H,3,18-20,22H2,1-2H3/t26?,30-,32+/m0/s1. The maximum atomic E-state index is 13.9. The minimum atomic E-state index is -0.428. The number of amides is 1. The predicted octanol–water partition coefficient (Wildman–Crippen LogP) is 6.06. The molecule has 0 aliphatic carbocycles. The molecule has 1 aromatic heterocycles. The zero-order valence-electron chi connectivity index (χ0n) is 22.0. The quantitative estimate of drug-likeness (QED) is 0.257. The number of ether oxygens (including phenoxy) is 2. The highest BCUT2D eigenvalue weighted by Crippen LogP contribution is 2.40. The molecule has 1 fully saturated rings. The van der Waals surface area contributed by atoms with E-state index in [9.17, 15) is 9.59 Å². The van der Waals surface area contributed by atoms with Crippen LogP contribution in [0.5, 0.6) is 0 Å². The lowest BCUT2D eigenvalue weighted by molar-refractivity contribution is -0.167. The third-order valence-electron chi connectivity index (χ3n) is 7.28. The number of hydrogen-bond acceptors (Lipinski definition) is 4. The van der Waals surface area contributed by atoms with Crippen LogP contribution in [0, 0.1) is 0 Å². The van der Waals surface area contributed by atoms with Crippen LogP contribution < -0.4 is 0 Å². The molecule has 0 saturated carbocycles. The van der Waals surface area contributed by atoms with Gasteiger partial charge in [-0.1, -0.05) is 78.9 Å². The number of nitrogens with zero attached hydrogens (tertiary/aromatic N) is 2. The van der Waals surface area contributed by atoms with Gasteiger partial charge in [0, 0.05) is 43.6 Å². The molecular weight excluding hydrogens is 476 g/mol. The number of carbonyl (C=O) groups is 2.